The van der Waals surface area contributed by atoms with E-state index in [0.29, 0.717) is 42.5 Å². The summed E-state index contributed by atoms with van der Waals surface area (Å²) in [6, 6.07) is 1.80. The number of allylic oxidation sites excluding steroid dienone is 1. The number of pyridine rings is 1. The highest BCUT2D eigenvalue weighted by molar-refractivity contribution is 7.89. The van der Waals surface area contributed by atoms with E-state index in [1.807, 2.05) is 6.20 Å². The number of aromatic nitrogens is 1. The van der Waals surface area contributed by atoms with E-state index >= 15 is 0 Å². The Morgan fingerprint density at radius 3 is 2.79 bits per heavy atom. The zero-order chi connectivity index (χ0) is 20.4. The van der Waals surface area contributed by atoms with Gasteiger partial charge in [-0.05, 0) is 50.5 Å². The molecule has 4 heterocycles. The van der Waals surface area contributed by atoms with E-state index in [1.54, 1.807) is 12.3 Å². The average Bonchev–Trinajstić information content (AvgIpc) is 2.71. The molecular weight excluding hydrogens is 394 g/mol. The Hall–Kier alpha value is -2.42. The van der Waals surface area contributed by atoms with Crippen molar-refractivity contribution < 1.29 is 22.7 Å². The highest BCUT2D eigenvalue weighted by Gasteiger charge is 2.31. The van der Waals surface area contributed by atoms with Gasteiger partial charge in [0, 0.05) is 24.5 Å². The van der Waals surface area contributed by atoms with Crippen molar-refractivity contribution in [2.24, 2.45) is 4.40 Å². The number of rotatable bonds is 1. The van der Waals surface area contributed by atoms with Gasteiger partial charge in [0.25, 0.3) is 15.9 Å². The maximum absolute atomic E-state index is 12.9. The number of carbonyl (C=O) groups is 1. The van der Waals surface area contributed by atoms with Crippen LogP contribution in [-0.4, -0.2) is 55.4 Å². The van der Waals surface area contributed by atoms with Crippen molar-refractivity contribution in [2.75, 3.05) is 19.4 Å². The number of fused-ring (bicyclic) bond motifs is 5. The Kier molecular flexibility index (Phi) is 5.58. The van der Waals surface area contributed by atoms with E-state index in [1.165, 1.54) is 11.2 Å². The molecule has 1 saturated heterocycles. The molecule has 1 aliphatic carbocycles. The monoisotopic (exact) mass is 419 g/mol. The molecule has 0 spiro atoms. The van der Waals surface area contributed by atoms with E-state index in [9.17, 15) is 13.2 Å². The maximum Gasteiger partial charge on any atom is 0.265 e. The van der Waals surface area contributed by atoms with E-state index in [-0.39, 0.29) is 18.6 Å². The van der Waals surface area contributed by atoms with Gasteiger partial charge in [0.15, 0.2) is 6.61 Å². The van der Waals surface area contributed by atoms with Crippen molar-refractivity contribution in [3.8, 4) is 5.75 Å². The van der Waals surface area contributed by atoms with E-state index in [2.05, 4.69) is 9.38 Å². The van der Waals surface area contributed by atoms with Crippen LogP contribution in [0.4, 0.5) is 0 Å². The standard InChI is InChI=1S/C20H25N3O5S/c1-29(25,26)22-17-3-2-10-23-18(17)12-27-15-6-4-14(5-7-15)16-11-21-9-8-19(16)28-13-20(23)24/h8-9,11-12,14-15H,2-7,10,13H2,1H3/b18-12-,22-17+. The molecular formula is C20H25N3O5S. The molecule has 8 nitrogen and oxygen atoms in total. The van der Waals surface area contributed by atoms with Gasteiger partial charge in [-0.25, -0.2) is 8.42 Å². The van der Waals surface area contributed by atoms with Crippen molar-refractivity contribution >= 4 is 21.6 Å². The van der Waals surface area contributed by atoms with Crippen molar-refractivity contribution in [2.45, 2.75) is 50.5 Å². The molecule has 2 fully saturated rings. The third-order valence-corrected chi connectivity index (χ3v) is 6.16. The molecule has 0 N–H and O–H groups in total. The minimum atomic E-state index is -3.58. The second-order valence-corrected chi connectivity index (χ2v) is 9.38. The van der Waals surface area contributed by atoms with Crippen LogP contribution < -0.4 is 4.74 Å². The Labute approximate surface area is 170 Å². The molecule has 156 valence electrons. The fraction of sp³-hybridized carbons (Fsp3) is 0.550. The van der Waals surface area contributed by atoms with Crippen molar-refractivity contribution in [1.82, 2.24) is 9.88 Å². The number of ether oxygens (including phenoxy) is 2. The van der Waals surface area contributed by atoms with Crippen molar-refractivity contribution in [1.29, 1.82) is 0 Å². The first-order chi connectivity index (χ1) is 13.9. The van der Waals surface area contributed by atoms with E-state index in [4.69, 9.17) is 9.47 Å². The van der Waals surface area contributed by atoms with Gasteiger partial charge in [-0.3, -0.25) is 9.78 Å². The van der Waals surface area contributed by atoms with Gasteiger partial charge in [-0.1, -0.05) is 0 Å². The number of nitrogens with zero attached hydrogens (tertiary/aromatic N) is 3. The van der Waals surface area contributed by atoms with Gasteiger partial charge < -0.3 is 14.4 Å². The van der Waals surface area contributed by atoms with Crippen LogP contribution in [0.3, 0.4) is 0 Å². The fourth-order valence-corrected chi connectivity index (χ4v) is 4.80. The molecule has 9 heteroatoms. The van der Waals surface area contributed by atoms with Gasteiger partial charge in [0.2, 0.25) is 0 Å². The molecule has 3 aliphatic heterocycles. The van der Waals surface area contributed by atoms with Crippen molar-refractivity contribution in [3.63, 3.8) is 0 Å². The van der Waals surface area contributed by atoms with Crippen LogP contribution in [0.1, 0.15) is 50.0 Å². The first-order valence-corrected chi connectivity index (χ1v) is 11.8. The predicted octanol–water partition coefficient (Wildman–Crippen LogP) is 2.38. The summed E-state index contributed by atoms with van der Waals surface area (Å²) in [5.41, 5.74) is 1.82. The minimum Gasteiger partial charge on any atom is -0.496 e. The molecule has 0 unspecified atom stereocenters. The van der Waals surface area contributed by atoms with Crippen LogP contribution in [0.2, 0.25) is 0 Å². The van der Waals surface area contributed by atoms with Crippen LogP contribution in [0.5, 0.6) is 5.75 Å². The average molecular weight is 420 g/mol. The lowest BCUT2D eigenvalue weighted by atomic mass is 9.83. The molecule has 1 aromatic rings. The lowest BCUT2D eigenvalue weighted by molar-refractivity contribution is -0.131. The Bertz CT molecular complexity index is 949. The summed E-state index contributed by atoms with van der Waals surface area (Å²) in [5.74, 6) is 0.756. The first-order valence-electron chi connectivity index (χ1n) is 9.92. The molecule has 5 rings (SSSR count). The smallest absolute Gasteiger partial charge is 0.265 e. The van der Waals surface area contributed by atoms with Gasteiger partial charge in [0.1, 0.15) is 17.7 Å². The third-order valence-electron chi connectivity index (χ3n) is 5.61. The summed E-state index contributed by atoms with van der Waals surface area (Å²) in [5, 5.41) is 0. The molecule has 4 aliphatic rings. The highest BCUT2D eigenvalue weighted by atomic mass is 32.2. The maximum atomic E-state index is 12.9. The third kappa shape index (κ3) is 4.60. The zero-order valence-electron chi connectivity index (χ0n) is 16.4. The Morgan fingerprint density at radius 1 is 1.24 bits per heavy atom. The van der Waals surface area contributed by atoms with E-state index in [0.717, 1.165) is 37.5 Å². The summed E-state index contributed by atoms with van der Waals surface area (Å²) in [6.45, 7) is 0.327. The summed E-state index contributed by atoms with van der Waals surface area (Å²) < 4.78 is 39.3. The van der Waals surface area contributed by atoms with E-state index < -0.39 is 10.0 Å². The lowest BCUT2D eigenvalue weighted by Crippen LogP contribution is -2.41. The van der Waals surface area contributed by atoms with Crippen LogP contribution in [0.25, 0.3) is 0 Å². The fourth-order valence-electron chi connectivity index (χ4n) is 4.21. The largest absolute Gasteiger partial charge is 0.496 e. The highest BCUT2D eigenvalue weighted by Crippen LogP contribution is 2.38. The molecule has 0 radical (unpaired) electrons. The number of sulfonamides is 1. The van der Waals surface area contributed by atoms with Gasteiger partial charge in [-0.15, -0.1) is 0 Å². The number of carbonyl (C=O) groups excluding carboxylic acids is 1. The minimum absolute atomic E-state index is 0.0268. The second kappa shape index (κ2) is 8.14. The predicted molar refractivity (Wildman–Crippen MR) is 107 cm³/mol. The summed E-state index contributed by atoms with van der Waals surface area (Å²) in [6.07, 6.45) is 10.8. The quantitative estimate of drug-likeness (QED) is 0.693. The molecule has 2 bridgehead atoms. The van der Waals surface area contributed by atoms with Gasteiger partial charge in [0.05, 0.1) is 18.1 Å². The summed E-state index contributed by atoms with van der Waals surface area (Å²) in [7, 11) is -3.58. The van der Waals surface area contributed by atoms with Crippen LogP contribution in [0, 0.1) is 0 Å². The number of amides is 1. The van der Waals surface area contributed by atoms with Gasteiger partial charge >= 0.3 is 0 Å². The molecule has 1 saturated carbocycles. The van der Waals surface area contributed by atoms with Crippen LogP contribution in [-0.2, 0) is 19.6 Å². The normalized spacial score (nSPS) is 28.6. The molecule has 0 aromatic carbocycles. The summed E-state index contributed by atoms with van der Waals surface area (Å²) >= 11 is 0. The topological polar surface area (TPSA) is 98.2 Å². The van der Waals surface area contributed by atoms with Crippen LogP contribution >= 0.6 is 0 Å². The molecule has 1 amide bonds. The molecule has 29 heavy (non-hydrogen) atoms. The second-order valence-electron chi connectivity index (χ2n) is 7.73. The molecule has 0 atom stereocenters. The molecule has 1 aromatic heterocycles. The first kappa shape index (κ1) is 19.9. The lowest BCUT2D eigenvalue weighted by Gasteiger charge is -2.31. The summed E-state index contributed by atoms with van der Waals surface area (Å²) in [4.78, 5) is 18.7. The van der Waals surface area contributed by atoms with Gasteiger partial charge in [-0.2, -0.15) is 4.40 Å². The van der Waals surface area contributed by atoms with Crippen molar-refractivity contribution in [3.05, 3.63) is 36.0 Å². The Morgan fingerprint density at radius 2 is 2.03 bits per heavy atom. The SMILES string of the molecule is CS(=O)(=O)/N=C1CCCN2C(=O)COc3ccncc3C3CCC(CC3)O\C=C\12. The van der Waals surface area contributed by atoms with Crippen LogP contribution in [0.15, 0.2) is 34.8 Å². The number of hydrogen-bond acceptors (Lipinski definition) is 6. The zero-order valence-corrected chi connectivity index (χ0v) is 17.2. The Balaban J connectivity index is 1.70. The number of piperidine rings is 1. The number of hydrogen-bond donors (Lipinski definition) is 0.